The number of nitrogens with zero attached hydrogens (tertiary/aromatic N) is 1. The third-order valence-corrected chi connectivity index (χ3v) is 1.29. The first-order chi connectivity index (χ1) is 6.08. The van der Waals surface area contributed by atoms with Crippen LogP contribution in [0.25, 0.3) is 0 Å². The van der Waals surface area contributed by atoms with E-state index in [1.165, 1.54) is 12.4 Å². The molecule has 0 aliphatic rings. The van der Waals surface area contributed by atoms with Gasteiger partial charge in [-0.25, -0.2) is 0 Å². The van der Waals surface area contributed by atoms with E-state index in [4.69, 9.17) is 4.74 Å². The Morgan fingerprint density at radius 3 is 2.69 bits per heavy atom. The maximum atomic E-state index is 11.7. The zero-order valence-corrected chi connectivity index (χ0v) is 6.71. The Kier molecular flexibility index (Phi) is 3.11. The quantitative estimate of drug-likeness (QED) is 0.731. The molecule has 13 heavy (non-hydrogen) atoms. The van der Waals surface area contributed by atoms with Gasteiger partial charge in [0.05, 0.1) is 19.2 Å². The fraction of sp³-hybridized carbons (Fsp3) is 0.375. The molecule has 0 saturated heterocycles. The van der Waals surface area contributed by atoms with Crippen molar-refractivity contribution in [2.24, 2.45) is 0 Å². The van der Waals surface area contributed by atoms with Gasteiger partial charge in [0.2, 0.25) is 0 Å². The smallest absolute Gasteiger partial charge is 0.392 e. The molecule has 0 N–H and O–H groups in total. The SMILES string of the molecule is FC(F)(F)CCOc1cccnc1. The molecule has 2 nitrogen and oxygen atoms in total. The molecule has 0 aliphatic carbocycles. The summed E-state index contributed by atoms with van der Waals surface area (Å²) in [5, 5.41) is 0. The Morgan fingerprint density at radius 1 is 1.38 bits per heavy atom. The predicted octanol–water partition coefficient (Wildman–Crippen LogP) is 2.41. The molecule has 1 rings (SSSR count). The number of alkyl halides is 3. The summed E-state index contributed by atoms with van der Waals surface area (Å²) in [6.07, 6.45) is -2.21. The van der Waals surface area contributed by atoms with Gasteiger partial charge in [0.15, 0.2) is 0 Å². The Labute approximate surface area is 73.4 Å². The molecule has 0 radical (unpaired) electrons. The Bertz CT molecular complexity index is 247. The van der Waals surface area contributed by atoms with Gasteiger partial charge in [-0.1, -0.05) is 0 Å². The molecule has 1 heterocycles. The lowest BCUT2D eigenvalue weighted by molar-refractivity contribution is -0.139. The molecule has 0 atom stereocenters. The molecule has 0 aliphatic heterocycles. The van der Waals surface area contributed by atoms with Crippen LogP contribution in [0.1, 0.15) is 6.42 Å². The molecule has 72 valence electrons. The normalized spacial score (nSPS) is 11.3. The number of ether oxygens (including phenoxy) is 1. The van der Waals surface area contributed by atoms with E-state index in [0.29, 0.717) is 5.75 Å². The minimum Gasteiger partial charge on any atom is -0.492 e. The summed E-state index contributed by atoms with van der Waals surface area (Å²) in [6, 6.07) is 3.16. The number of hydrogen-bond donors (Lipinski definition) is 0. The first kappa shape index (κ1) is 9.83. The van der Waals surface area contributed by atoms with Gasteiger partial charge in [-0.2, -0.15) is 13.2 Å². The lowest BCUT2D eigenvalue weighted by Gasteiger charge is -2.07. The molecule has 5 heteroatoms. The fourth-order valence-electron chi connectivity index (χ4n) is 0.717. The third-order valence-electron chi connectivity index (χ3n) is 1.29. The molecule has 0 bridgehead atoms. The van der Waals surface area contributed by atoms with Crippen molar-refractivity contribution in [1.82, 2.24) is 4.98 Å². The molecule has 1 aromatic rings. The Morgan fingerprint density at radius 2 is 2.15 bits per heavy atom. The van der Waals surface area contributed by atoms with E-state index in [9.17, 15) is 13.2 Å². The van der Waals surface area contributed by atoms with Gasteiger partial charge in [-0.15, -0.1) is 0 Å². The minimum absolute atomic E-state index is 0.353. The highest BCUT2D eigenvalue weighted by Crippen LogP contribution is 2.19. The summed E-state index contributed by atoms with van der Waals surface area (Å²) in [6.45, 7) is -0.366. The summed E-state index contributed by atoms with van der Waals surface area (Å²) >= 11 is 0. The number of aromatic nitrogens is 1. The van der Waals surface area contributed by atoms with Crippen LogP contribution < -0.4 is 4.74 Å². The average molecular weight is 191 g/mol. The van der Waals surface area contributed by atoms with Gasteiger partial charge >= 0.3 is 6.18 Å². The first-order valence-corrected chi connectivity index (χ1v) is 3.67. The van der Waals surface area contributed by atoms with E-state index in [2.05, 4.69) is 4.98 Å². The van der Waals surface area contributed by atoms with Crippen LogP contribution in [-0.4, -0.2) is 17.8 Å². The largest absolute Gasteiger partial charge is 0.492 e. The minimum atomic E-state index is -4.16. The number of halogens is 3. The second kappa shape index (κ2) is 4.11. The molecule has 0 aromatic carbocycles. The van der Waals surface area contributed by atoms with E-state index >= 15 is 0 Å². The molecule has 0 saturated carbocycles. The zero-order valence-electron chi connectivity index (χ0n) is 6.71. The second-order valence-electron chi connectivity index (χ2n) is 2.40. The van der Waals surface area contributed by atoms with Crippen LogP contribution in [-0.2, 0) is 0 Å². The number of hydrogen-bond acceptors (Lipinski definition) is 2. The summed E-state index contributed by atoms with van der Waals surface area (Å²) in [5.74, 6) is 0.353. The lowest BCUT2D eigenvalue weighted by atomic mass is 10.4. The molecule has 1 aromatic heterocycles. The highest BCUT2D eigenvalue weighted by Gasteiger charge is 2.26. The van der Waals surface area contributed by atoms with Crippen LogP contribution in [0.5, 0.6) is 5.75 Å². The lowest BCUT2D eigenvalue weighted by Crippen LogP contribution is -2.12. The molecular formula is C8H8F3NO. The maximum absolute atomic E-state index is 11.7. The Hall–Kier alpha value is -1.26. The monoisotopic (exact) mass is 191 g/mol. The molecule has 0 amide bonds. The molecular weight excluding hydrogens is 183 g/mol. The van der Waals surface area contributed by atoms with Crippen LogP contribution in [0.2, 0.25) is 0 Å². The summed E-state index contributed by atoms with van der Waals surface area (Å²) < 4.78 is 39.8. The van der Waals surface area contributed by atoms with Crippen molar-refractivity contribution < 1.29 is 17.9 Å². The molecule has 0 spiro atoms. The highest BCUT2D eigenvalue weighted by atomic mass is 19.4. The van der Waals surface area contributed by atoms with Gasteiger partial charge in [0, 0.05) is 6.20 Å². The van der Waals surface area contributed by atoms with Crippen LogP contribution in [0.4, 0.5) is 13.2 Å². The Balaban J connectivity index is 2.29. The van der Waals surface area contributed by atoms with Crippen LogP contribution in [0, 0.1) is 0 Å². The van der Waals surface area contributed by atoms with Gasteiger partial charge in [-0.3, -0.25) is 4.98 Å². The second-order valence-corrected chi connectivity index (χ2v) is 2.40. The van der Waals surface area contributed by atoms with E-state index in [1.807, 2.05) is 0 Å². The highest BCUT2D eigenvalue weighted by molar-refractivity contribution is 5.15. The first-order valence-electron chi connectivity index (χ1n) is 3.67. The van der Waals surface area contributed by atoms with Crippen molar-refractivity contribution in [3.8, 4) is 5.75 Å². The summed E-state index contributed by atoms with van der Waals surface area (Å²) in [7, 11) is 0. The van der Waals surface area contributed by atoms with E-state index in [-0.39, 0.29) is 6.61 Å². The van der Waals surface area contributed by atoms with E-state index < -0.39 is 12.6 Å². The van der Waals surface area contributed by atoms with Crippen LogP contribution >= 0.6 is 0 Å². The van der Waals surface area contributed by atoms with Crippen molar-refractivity contribution >= 4 is 0 Å². The van der Waals surface area contributed by atoms with E-state index in [1.54, 1.807) is 12.1 Å². The van der Waals surface area contributed by atoms with Crippen LogP contribution in [0.3, 0.4) is 0 Å². The standard InChI is InChI=1S/C8H8F3NO/c9-8(10,11)3-5-13-7-2-1-4-12-6-7/h1-2,4,6H,3,5H2. The molecule has 0 fully saturated rings. The third kappa shape index (κ3) is 4.35. The van der Waals surface area contributed by atoms with Gasteiger partial charge in [0.1, 0.15) is 5.75 Å². The van der Waals surface area contributed by atoms with Crippen LogP contribution in [0.15, 0.2) is 24.5 Å². The van der Waals surface area contributed by atoms with Gasteiger partial charge in [-0.05, 0) is 12.1 Å². The predicted molar refractivity (Wildman–Crippen MR) is 40.4 cm³/mol. The van der Waals surface area contributed by atoms with Crippen molar-refractivity contribution in [2.75, 3.05) is 6.61 Å². The fourth-order valence-corrected chi connectivity index (χ4v) is 0.717. The topological polar surface area (TPSA) is 22.1 Å². The van der Waals surface area contributed by atoms with Crippen molar-refractivity contribution in [3.63, 3.8) is 0 Å². The number of rotatable bonds is 3. The number of pyridine rings is 1. The molecule has 0 unspecified atom stereocenters. The van der Waals surface area contributed by atoms with Crippen molar-refractivity contribution in [1.29, 1.82) is 0 Å². The average Bonchev–Trinajstić information content (AvgIpc) is 2.04. The van der Waals surface area contributed by atoms with E-state index in [0.717, 1.165) is 0 Å². The van der Waals surface area contributed by atoms with Crippen molar-refractivity contribution in [2.45, 2.75) is 12.6 Å². The summed E-state index contributed by atoms with van der Waals surface area (Å²) in [4.78, 5) is 3.69. The zero-order chi connectivity index (χ0) is 9.73. The summed E-state index contributed by atoms with van der Waals surface area (Å²) in [5.41, 5.74) is 0. The van der Waals surface area contributed by atoms with Gasteiger partial charge < -0.3 is 4.74 Å². The van der Waals surface area contributed by atoms with Crippen molar-refractivity contribution in [3.05, 3.63) is 24.5 Å². The maximum Gasteiger partial charge on any atom is 0.392 e. The van der Waals surface area contributed by atoms with Gasteiger partial charge in [0.25, 0.3) is 0 Å².